The van der Waals surface area contributed by atoms with Crippen LogP contribution in [0, 0.1) is 11.6 Å². The molecule has 0 radical (unpaired) electrons. The van der Waals surface area contributed by atoms with Gasteiger partial charge in [-0.1, -0.05) is 29.8 Å². The molecule has 2 aromatic carbocycles. The molecule has 0 saturated heterocycles. The lowest BCUT2D eigenvalue weighted by Crippen LogP contribution is -2.21. The second-order valence-electron chi connectivity index (χ2n) is 5.77. The van der Waals surface area contributed by atoms with Gasteiger partial charge >= 0.3 is 0 Å². The Morgan fingerprint density at radius 1 is 1.04 bits per heavy atom. The smallest absolute Gasteiger partial charge is 0.126 e. The van der Waals surface area contributed by atoms with E-state index in [0.717, 1.165) is 22.9 Å². The zero-order valence-electron chi connectivity index (χ0n) is 13.6. The summed E-state index contributed by atoms with van der Waals surface area (Å²) in [5.74, 6) is -1.16. The van der Waals surface area contributed by atoms with Gasteiger partial charge in [0.2, 0.25) is 0 Å². The number of nitrogens with zero attached hydrogens (tertiary/aromatic N) is 1. The van der Waals surface area contributed by atoms with E-state index in [1.54, 1.807) is 13.2 Å². The van der Waals surface area contributed by atoms with Crippen LogP contribution >= 0.6 is 11.6 Å². The van der Waals surface area contributed by atoms with Crippen molar-refractivity contribution in [1.82, 2.24) is 10.3 Å². The highest BCUT2D eigenvalue weighted by molar-refractivity contribution is 6.30. The molecule has 1 N–H and O–H groups in total. The summed E-state index contributed by atoms with van der Waals surface area (Å²) in [7, 11) is 1.81. The van der Waals surface area contributed by atoms with Gasteiger partial charge in [-0.15, -0.1) is 0 Å². The Morgan fingerprint density at radius 3 is 2.36 bits per heavy atom. The fourth-order valence-electron chi connectivity index (χ4n) is 2.87. The lowest BCUT2D eigenvalue weighted by Gasteiger charge is -2.19. The van der Waals surface area contributed by atoms with Crippen molar-refractivity contribution < 1.29 is 8.78 Å². The van der Waals surface area contributed by atoms with Gasteiger partial charge in [-0.05, 0) is 54.9 Å². The Morgan fingerprint density at radius 2 is 1.72 bits per heavy atom. The van der Waals surface area contributed by atoms with Gasteiger partial charge in [0, 0.05) is 22.8 Å². The average molecular weight is 359 g/mol. The van der Waals surface area contributed by atoms with Gasteiger partial charge in [-0.2, -0.15) is 0 Å². The van der Waals surface area contributed by atoms with Crippen molar-refractivity contribution in [3.63, 3.8) is 0 Å². The van der Waals surface area contributed by atoms with Crippen molar-refractivity contribution in [2.75, 3.05) is 7.05 Å². The van der Waals surface area contributed by atoms with Crippen LogP contribution in [0.5, 0.6) is 0 Å². The van der Waals surface area contributed by atoms with Crippen molar-refractivity contribution in [3.05, 3.63) is 88.7 Å². The fourth-order valence-corrected chi connectivity index (χ4v) is 2.99. The van der Waals surface area contributed by atoms with Crippen LogP contribution in [0.2, 0.25) is 5.02 Å². The maximum absolute atomic E-state index is 13.5. The number of hydrogen-bond donors (Lipinski definition) is 1. The molecule has 3 rings (SSSR count). The summed E-state index contributed by atoms with van der Waals surface area (Å²) in [6, 6.07) is 14.7. The molecule has 1 aromatic heterocycles. The molecule has 0 aliphatic heterocycles. The van der Waals surface area contributed by atoms with Gasteiger partial charge in [0.1, 0.15) is 11.6 Å². The number of pyridine rings is 1. The number of benzene rings is 2. The SMILES string of the molecule is CNC(Cc1cc(F)cc(F)c1)c1ncccc1-c1ccc(Cl)cc1. The summed E-state index contributed by atoms with van der Waals surface area (Å²) in [4.78, 5) is 4.51. The van der Waals surface area contributed by atoms with Crippen LogP contribution in [0.1, 0.15) is 17.3 Å². The van der Waals surface area contributed by atoms with Crippen molar-refractivity contribution >= 4 is 11.6 Å². The summed E-state index contributed by atoms with van der Waals surface area (Å²) in [5, 5.41) is 3.86. The number of rotatable bonds is 5. The third-order valence-corrected chi connectivity index (χ3v) is 4.29. The predicted octanol–water partition coefficient (Wildman–Crippen LogP) is 5.18. The topological polar surface area (TPSA) is 24.9 Å². The molecule has 128 valence electrons. The molecule has 0 spiro atoms. The normalized spacial score (nSPS) is 12.2. The quantitative estimate of drug-likeness (QED) is 0.679. The minimum Gasteiger partial charge on any atom is -0.311 e. The minimum absolute atomic E-state index is 0.187. The van der Waals surface area contributed by atoms with Gasteiger partial charge in [0.25, 0.3) is 0 Å². The molecule has 2 nitrogen and oxygen atoms in total. The first-order valence-electron chi connectivity index (χ1n) is 7.90. The first-order valence-corrected chi connectivity index (χ1v) is 8.27. The van der Waals surface area contributed by atoms with Crippen LogP contribution in [0.15, 0.2) is 60.8 Å². The molecule has 1 atom stereocenters. The number of hydrogen-bond acceptors (Lipinski definition) is 2. The second-order valence-corrected chi connectivity index (χ2v) is 6.20. The summed E-state index contributed by atoms with van der Waals surface area (Å²) in [6.45, 7) is 0. The first kappa shape index (κ1) is 17.5. The molecule has 0 bridgehead atoms. The Hall–Kier alpha value is -2.30. The molecular formula is C20H17ClF2N2. The third kappa shape index (κ3) is 4.21. The van der Waals surface area contributed by atoms with Gasteiger partial charge in [0.05, 0.1) is 11.7 Å². The van der Waals surface area contributed by atoms with E-state index >= 15 is 0 Å². The van der Waals surface area contributed by atoms with E-state index in [0.29, 0.717) is 17.0 Å². The van der Waals surface area contributed by atoms with E-state index in [2.05, 4.69) is 10.3 Å². The predicted molar refractivity (Wildman–Crippen MR) is 96.5 cm³/mol. The summed E-state index contributed by atoms with van der Waals surface area (Å²) >= 11 is 5.97. The standard InChI is InChI=1S/C20H17ClF2N2/c1-24-19(11-13-9-16(22)12-17(23)10-13)20-18(3-2-8-25-20)14-4-6-15(21)7-5-14/h2-10,12,19,24H,11H2,1H3. The molecule has 1 heterocycles. The largest absolute Gasteiger partial charge is 0.311 e. The van der Waals surface area contributed by atoms with Gasteiger partial charge in [-0.25, -0.2) is 8.78 Å². The highest BCUT2D eigenvalue weighted by atomic mass is 35.5. The Bertz CT molecular complexity index is 846. The summed E-state index contributed by atoms with van der Waals surface area (Å²) < 4.78 is 27.0. The van der Waals surface area contributed by atoms with E-state index in [1.165, 1.54) is 12.1 Å². The van der Waals surface area contributed by atoms with Crippen LogP contribution in [-0.4, -0.2) is 12.0 Å². The maximum Gasteiger partial charge on any atom is 0.126 e. The molecule has 0 fully saturated rings. The van der Waals surface area contributed by atoms with Crippen molar-refractivity contribution in [2.24, 2.45) is 0 Å². The number of aromatic nitrogens is 1. The molecule has 0 aliphatic carbocycles. The first-order chi connectivity index (χ1) is 12.1. The van der Waals surface area contributed by atoms with Gasteiger partial charge in [-0.3, -0.25) is 4.98 Å². The summed E-state index contributed by atoms with van der Waals surface area (Å²) in [6.07, 6.45) is 2.13. The number of likely N-dealkylation sites (N-methyl/N-ethyl adjacent to an activating group) is 1. The molecule has 0 aliphatic rings. The molecule has 1 unspecified atom stereocenters. The minimum atomic E-state index is -0.580. The number of halogens is 3. The number of nitrogens with one attached hydrogen (secondary N) is 1. The summed E-state index contributed by atoms with van der Waals surface area (Å²) in [5.41, 5.74) is 3.33. The Balaban J connectivity index is 1.97. The third-order valence-electron chi connectivity index (χ3n) is 4.03. The van der Waals surface area contributed by atoms with Crippen molar-refractivity contribution in [3.8, 4) is 11.1 Å². The average Bonchev–Trinajstić information content (AvgIpc) is 2.60. The zero-order valence-corrected chi connectivity index (χ0v) is 14.4. The lowest BCUT2D eigenvalue weighted by molar-refractivity contribution is 0.556. The van der Waals surface area contributed by atoms with Crippen LogP contribution in [-0.2, 0) is 6.42 Å². The van der Waals surface area contributed by atoms with Crippen LogP contribution in [0.3, 0.4) is 0 Å². The molecule has 5 heteroatoms. The van der Waals surface area contributed by atoms with Crippen LogP contribution in [0.4, 0.5) is 8.78 Å². The van der Waals surface area contributed by atoms with Gasteiger partial charge in [0.15, 0.2) is 0 Å². The van der Waals surface area contributed by atoms with E-state index in [9.17, 15) is 8.78 Å². The lowest BCUT2D eigenvalue weighted by atomic mass is 9.95. The zero-order chi connectivity index (χ0) is 17.8. The second kappa shape index (κ2) is 7.72. The van der Waals surface area contributed by atoms with E-state index in [4.69, 9.17) is 11.6 Å². The molecule has 0 amide bonds. The van der Waals surface area contributed by atoms with Crippen LogP contribution < -0.4 is 5.32 Å². The Kier molecular flexibility index (Phi) is 5.41. The van der Waals surface area contributed by atoms with Crippen molar-refractivity contribution in [1.29, 1.82) is 0 Å². The highest BCUT2D eigenvalue weighted by Crippen LogP contribution is 2.29. The molecule has 0 saturated carbocycles. The Labute approximate surface area is 150 Å². The van der Waals surface area contributed by atoms with E-state index in [1.807, 2.05) is 36.4 Å². The fraction of sp³-hybridized carbons (Fsp3) is 0.150. The van der Waals surface area contributed by atoms with Crippen molar-refractivity contribution in [2.45, 2.75) is 12.5 Å². The maximum atomic E-state index is 13.5. The monoisotopic (exact) mass is 358 g/mol. The van der Waals surface area contributed by atoms with E-state index < -0.39 is 11.6 Å². The van der Waals surface area contributed by atoms with E-state index in [-0.39, 0.29) is 6.04 Å². The molecular weight excluding hydrogens is 342 g/mol. The van der Waals surface area contributed by atoms with Gasteiger partial charge < -0.3 is 5.32 Å². The van der Waals surface area contributed by atoms with Crippen LogP contribution in [0.25, 0.3) is 11.1 Å². The highest BCUT2D eigenvalue weighted by Gasteiger charge is 2.17. The molecule has 3 aromatic rings. The molecule has 25 heavy (non-hydrogen) atoms.